The second-order valence-electron chi connectivity index (χ2n) is 2.86. The molecule has 2 nitrogen and oxygen atoms in total. The Balaban J connectivity index is 2.32. The number of halogens is 1. The van der Waals surface area contributed by atoms with Gasteiger partial charge in [0.05, 0.1) is 6.61 Å². The molecule has 60 valence electrons. The van der Waals surface area contributed by atoms with Gasteiger partial charge in [-0.1, -0.05) is 0 Å². The highest BCUT2D eigenvalue weighted by Crippen LogP contribution is 2.20. The predicted octanol–water partition coefficient (Wildman–Crippen LogP) is 0.725. The molecule has 1 saturated heterocycles. The van der Waals surface area contributed by atoms with Gasteiger partial charge in [0, 0.05) is 13.7 Å². The summed E-state index contributed by atoms with van der Waals surface area (Å²) < 4.78 is 18.2. The van der Waals surface area contributed by atoms with Crippen LogP contribution in [0.5, 0.6) is 0 Å². The highest BCUT2D eigenvalue weighted by molar-refractivity contribution is 4.85. The lowest BCUT2D eigenvalue weighted by molar-refractivity contribution is 0.0230. The third kappa shape index (κ3) is 1.92. The largest absolute Gasteiger partial charge is 0.381 e. The summed E-state index contributed by atoms with van der Waals surface area (Å²) in [5.74, 6) is 0. The summed E-state index contributed by atoms with van der Waals surface area (Å²) in [6, 6.07) is 0. The highest BCUT2D eigenvalue weighted by Gasteiger charge is 2.31. The minimum Gasteiger partial charge on any atom is -0.381 e. The van der Waals surface area contributed by atoms with Crippen LogP contribution < -0.4 is 5.32 Å². The monoisotopic (exact) mass is 147 g/mol. The Kier molecular flexibility index (Phi) is 2.63. The van der Waals surface area contributed by atoms with Crippen LogP contribution in [0.2, 0.25) is 0 Å². The van der Waals surface area contributed by atoms with Gasteiger partial charge in [-0.2, -0.15) is 0 Å². The van der Waals surface area contributed by atoms with Gasteiger partial charge in [0.25, 0.3) is 0 Å². The zero-order chi connectivity index (χ0) is 7.45. The smallest absolute Gasteiger partial charge is 0.146 e. The van der Waals surface area contributed by atoms with Crippen LogP contribution in [0, 0.1) is 0 Å². The predicted molar refractivity (Wildman–Crippen MR) is 37.8 cm³/mol. The number of ether oxygens (including phenoxy) is 1. The molecule has 0 radical (unpaired) electrons. The van der Waals surface area contributed by atoms with E-state index in [9.17, 15) is 4.39 Å². The van der Waals surface area contributed by atoms with Crippen molar-refractivity contribution in [1.82, 2.24) is 5.32 Å². The van der Waals surface area contributed by atoms with Crippen molar-refractivity contribution >= 4 is 0 Å². The Morgan fingerprint density at radius 2 is 2.50 bits per heavy atom. The van der Waals surface area contributed by atoms with Crippen LogP contribution >= 0.6 is 0 Å². The Hall–Kier alpha value is -0.150. The molecule has 10 heavy (non-hydrogen) atoms. The van der Waals surface area contributed by atoms with Crippen LogP contribution in [-0.4, -0.2) is 32.5 Å². The Labute approximate surface area is 60.8 Å². The molecule has 1 rings (SSSR count). The molecule has 0 saturated carbocycles. The lowest BCUT2D eigenvalue weighted by Crippen LogP contribution is -2.45. The van der Waals surface area contributed by atoms with Gasteiger partial charge in [0.2, 0.25) is 0 Å². The van der Waals surface area contributed by atoms with Crippen molar-refractivity contribution in [2.45, 2.75) is 18.5 Å². The van der Waals surface area contributed by atoms with Gasteiger partial charge in [-0.05, 0) is 19.4 Å². The number of hydrogen-bond donors (Lipinski definition) is 1. The fourth-order valence-corrected chi connectivity index (χ4v) is 1.31. The van der Waals surface area contributed by atoms with E-state index in [2.05, 4.69) is 5.32 Å². The maximum Gasteiger partial charge on any atom is 0.146 e. The summed E-state index contributed by atoms with van der Waals surface area (Å²) in [7, 11) is 1.54. The zero-order valence-corrected chi connectivity index (χ0v) is 6.32. The molecule has 1 aliphatic heterocycles. The van der Waals surface area contributed by atoms with Crippen molar-refractivity contribution in [3.8, 4) is 0 Å². The molecule has 0 aromatic carbocycles. The molecule has 0 aromatic heterocycles. The van der Waals surface area contributed by atoms with Crippen molar-refractivity contribution in [2.24, 2.45) is 0 Å². The standard InChI is InChI=1S/C7H14FNO/c1-10-6-7(8)3-2-4-9-5-7/h9H,2-6H2,1H3. The Bertz CT molecular complexity index is 96.3. The number of rotatable bonds is 2. The SMILES string of the molecule is COCC1(F)CCCNC1. The molecular weight excluding hydrogens is 133 g/mol. The lowest BCUT2D eigenvalue weighted by Gasteiger charge is -2.29. The highest BCUT2D eigenvalue weighted by atomic mass is 19.1. The summed E-state index contributed by atoms with van der Waals surface area (Å²) in [5.41, 5.74) is -1.10. The van der Waals surface area contributed by atoms with Crippen molar-refractivity contribution in [3.05, 3.63) is 0 Å². The molecule has 1 unspecified atom stereocenters. The van der Waals surface area contributed by atoms with Gasteiger partial charge in [0.1, 0.15) is 5.67 Å². The van der Waals surface area contributed by atoms with Crippen molar-refractivity contribution in [3.63, 3.8) is 0 Å². The fourth-order valence-electron chi connectivity index (χ4n) is 1.31. The van der Waals surface area contributed by atoms with E-state index in [0.717, 1.165) is 13.0 Å². The molecule has 1 heterocycles. The minimum absolute atomic E-state index is 0.222. The van der Waals surface area contributed by atoms with E-state index in [0.29, 0.717) is 13.0 Å². The second-order valence-corrected chi connectivity index (χ2v) is 2.86. The molecule has 1 aliphatic rings. The van der Waals surface area contributed by atoms with Crippen LogP contribution in [0.4, 0.5) is 4.39 Å². The molecule has 3 heteroatoms. The quantitative estimate of drug-likeness (QED) is 0.621. The average Bonchev–Trinajstić information content (AvgIpc) is 1.89. The van der Waals surface area contributed by atoms with Gasteiger partial charge in [-0.25, -0.2) is 4.39 Å². The van der Waals surface area contributed by atoms with Crippen molar-refractivity contribution in [1.29, 1.82) is 0 Å². The van der Waals surface area contributed by atoms with Gasteiger partial charge in [0.15, 0.2) is 0 Å². The molecule has 0 aromatic rings. The first-order chi connectivity index (χ1) is 4.77. The average molecular weight is 147 g/mol. The summed E-state index contributed by atoms with van der Waals surface area (Å²) in [5, 5.41) is 3.01. The van der Waals surface area contributed by atoms with E-state index in [1.165, 1.54) is 7.11 Å². The number of hydrogen-bond acceptors (Lipinski definition) is 2. The number of nitrogens with one attached hydrogen (secondary N) is 1. The van der Waals surface area contributed by atoms with Crippen LogP contribution in [0.25, 0.3) is 0 Å². The van der Waals surface area contributed by atoms with Gasteiger partial charge >= 0.3 is 0 Å². The Morgan fingerprint density at radius 3 is 3.00 bits per heavy atom. The van der Waals surface area contributed by atoms with Gasteiger partial charge in [-0.15, -0.1) is 0 Å². The molecule has 1 atom stereocenters. The van der Waals surface area contributed by atoms with Crippen LogP contribution in [0.3, 0.4) is 0 Å². The van der Waals surface area contributed by atoms with E-state index in [1.807, 2.05) is 0 Å². The summed E-state index contributed by atoms with van der Waals surface area (Å²) >= 11 is 0. The van der Waals surface area contributed by atoms with Crippen LogP contribution in [-0.2, 0) is 4.74 Å². The van der Waals surface area contributed by atoms with Gasteiger partial charge < -0.3 is 10.1 Å². The minimum atomic E-state index is -1.10. The molecule has 0 aliphatic carbocycles. The lowest BCUT2D eigenvalue weighted by atomic mass is 9.97. The van der Waals surface area contributed by atoms with Crippen LogP contribution in [0.15, 0.2) is 0 Å². The normalized spacial score (nSPS) is 34.2. The molecule has 1 N–H and O–H groups in total. The van der Waals surface area contributed by atoms with Crippen molar-refractivity contribution in [2.75, 3.05) is 26.8 Å². The number of alkyl halides is 1. The van der Waals surface area contributed by atoms with E-state index in [1.54, 1.807) is 0 Å². The molecule has 0 spiro atoms. The van der Waals surface area contributed by atoms with Gasteiger partial charge in [-0.3, -0.25) is 0 Å². The summed E-state index contributed by atoms with van der Waals surface area (Å²) in [4.78, 5) is 0. The maximum absolute atomic E-state index is 13.4. The second kappa shape index (κ2) is 3.30. The summed E-state index contributed by atoms with van der Waals surface area (Å²) in [6.07, 6.45) is 1.55. The molecule has 0 amide bonds. The third-order valence-corrected chi connectivity index (χ3v) is 1.82. The summed E-state index contributed by atoms with van der Waals surface area (Å²) in [6.45, 7) is 1.61. The third-order valence-electron chi connectivity index (χ3n) is 1.82. The first kappa shape index (κ1) is 7.95. The van der Waals surface area contributed by atoms with Crippen molar-refractivity contribution < 1.29 is 9.13 Å². The Morgan fingerprint density at radius 1 is 1.70 bits per heavy atom. The van der Waals surface area contributed by atoms with E-state index in [-0.39, 0.29) is 6.61 Å². The number of piperidine rings is 1. The van der Waals surface area contributed by atoms with E-state index in [4.69, 9.17) is 4.74 Å². The first-order valence-electron chi connectivity index (χ1n) is 3.65. The molecule has 0 bridgehead atoms. The topological polar surface area (TPSA) is 21.3 Å². The van der Waals surface area contributed by atoms with E-state index < -0.39 is 5.67 Å². The molecular formula is C7H14FNO. The first-order valence-corrected chi connectivity index (χ1v) is 3.65. The fraction of sp³-hybridized carbons (Fsp3) is 1.00. The number of methoxy groups -OCH3 is 1. The molecule has 1 fully saturated rings. The van der Waals surface area contributed by atoms with E-state index >= 15 is 0 Å². The maximum atomic E-state index is 13.4. The zero-order valence-electron chi connectivity index (χ0n) is 6.32. The van der Waals surface area contributed by atoms with Crippen LogP contribution in [0.1, 0.15) is 12.8 Å².